The minimum absolute atomic E-state index is 0.120. The minimum Gasteiger partial charge on any atom is -0.398 e. The lowest BCUT2D eigenvalue weighted by atomic mass is 10.0. The monoisotopic (exact) mass is 469 g/mol. The number of nitrogens with one attached hydrogen (secondary N) is 3. The second-order valence-corrected chi connectivity index (χ2v) is 8.40. The van der Waals surface area contributed by atoms with Crippen molar-refractivity contribution in [3.05, 3.63) is 83.6 Å². The Balaban J connectivity index is 1.57. The van der Waals surface area contributed by atoms with Gasteiger partial charge in [-0.05, 0) is 61.2 Å². The Bertz CT molecular complexity index is 1420. The molecule has 0 spiro atoms. The van der Waals surface area contributed by atoms with Crippen LogP contribution in [0, 0.1) is 12.9 Å². The average Bonchev–Trinajstić information content (AvgIpc) is 2.85. The van der Waals surface area contributed by atoms with Gasteiger partial charge in [0.25, 0.3) is 5.91 Å². The predicted octanol–water partition coefficient (Wildman–Crippen LogP) is 4.73. The van der Waals surface area contributed by atoms with Gasteiger partial charge in [0, 0.05) is 41.4 Å². The van der Waals surface area contributed by atoms with Crippen LogP contribution >= 0.6 is 0 Å². The molecule has 4 heterocycles. The number of nitrogen functional groups attached to an aromatic ring is 1. The van der Waals surface area contributed by atoms with Crippen LogP contribution < -0.4 is 21.7 Å². The van der Waals surface area contributed by atoms with Crippen molar-refractivity contribution < 1.29 is 9.18 Å². The molecule has 0 unspecified atom stereocenters. The number of hydrogen-bond acceptors (Lipinski definition) is 7. The maximum atomic E-state index is 14.6. The molecule has 0 radical (unpaired) electrons. The van der Waals surface area contributed by atoms with Crippen LogP contribution in [0.3, 0.4) is 0 Å². The summed E-state index contributed by atoms with van der Waals surface area (Å²) in [5, 5.41) is 9.18. The molecule has 0 saturated heterocycles. The van der Waals surface area contributed by atoms with E-state index in [0.29, 0.717) is 34.7 Å². The first kappa shape index (κ1) is 22.3. The van der Waals surface area contributed by atoms with Crippen molar-refractivity contribution in [3.8, 4) is 11.1 Å². The maximum absolute atomic E-state index is 14.6. The van der Waals surface area contributed by atoms with Gasteiger partial charge >= 0.3 is 0 Å². The van der Waals surface area contributed by atoms with E-state index in [-0.39, 0.29) is 17.5 Å². The summed E-state index contributed by atoms with van der Waals surface area (Å²) in [5.41, 5.74) is 11.2. The van der Waals surface area contributed by atoms with E-state index in [1.807, 2.05) is 31.2 Å². The first-order valence-electron chi connectivity index (χ1n) is 11.3. The minimum atomic E-state index is -0.689. The number of halogens is 1. The fraction of sp³-hybridized carbons (Fsp3) is 0.154. The lowest BCUT2D eigenvalue weighted by Gasteiger charge is -2.14. The highest BCUT2D eigenvalue weighted by Crippen LogP contribution is 2.28. The molecule has 8 nitrogen and oxygen atoms in total. The van der Waals surface area contributed by atoms with Gasteiger partial charge in [-0.15, -0.1) is 0 Å². The van der Waals surface area contributed by atoms with Gasteiger partial charge in [0.15, 0.2) is 0 Å². The van der Waals surface area contributed by atoms with Crippen LogP contribution in [0.4, 0.5) is 33.2 Å². The number of carbonyl (C=O) groups excluding carboxylic acids is 1. The highest BCUT2D eigenvalue weighted by Gasteiger charge is 2.14. The maximum Gasteiger partial charge on any atom is 0.253 e. The number of anilines is 5. The third kappa shape index (κ3) is 4.89. The molecule has 0 saturated carbocycles. The Morgan fingerprint density at radius 2 is 1.89 bits per heavy atom. The van der Waals surface area contributed by atoms with Crippen molar-refractivity contribution in [2.24, 2.45) is 0 Å². The Labute approximate surface area is 201 Å². The first-order chi connectivity index (χ1) is 17.0. The van der Waals surface area contributed by atoms with Crippen LogP contribution in [0.5, 0.6) is 0 Å². The van der Waals surface area contributed by atoms with Crippen molar-refractivity contribution in [1.82, 2.24) is 20.3 Å². The van der Waals surface area contributed by atoms with E-state index in [1.165, 1.54) is 6.20 Å². The molecule has 1 amide bonds. The van der Waals surface area contributed by atoms with Crippen molar-refractivity contribution in [2.45, 2.75) is 19.8 Å². The number of rotatable bonds is 0. The predicted molar refractivity (Wildman–Crippen MR) is 134 cm³/mol. The van der Waals surface area contributed by atoms with E-state index in [1.54, 1.807) is 30.5 Å². The van der Waals surface area contributed by atoms with Crippen molar-refractivity contribution in [1.29, 1.82) is 0 Å². The Morgan fingerprint density at radius 1 is 1.00 bits per heavy atom. The standard InChI is InChI=1S/C26H24FN7O/c1-15-13-31-26-33-22-12-18(14-30-23(22)27)17-7-8-20(21(28)11-17)25(35)29-9-3-5-16-4-2-6-19(10-16)32-24(15)34-26/h2,4,6-8,10-14H,3,5,9,28H2,1H3,(H,29,35)(H2,31,32,33,34). The van der Waals surface area contributed by atoms with Gasteiger partial charge < -0.3 is 21.7 Å². The average molecular weight is 470 g/mol. The smallest absolute Gasteiger partial charge is 0.253 e. The summed E-state index contributed by atoms with van der Waals surface area (Å²) in [4.78, 5) is 25.4. The zero-order chi connectivity index (χ0) is 24.4. The molecule has 0 fully saturated rings. The highest BCUT2D eigenvalue weighted by molar-refractivity contribution is 6.00. The van der Waals surface area contributed by atoms with Gasteiger partial charge in [-0.1, -0.05) is 18.2 Å². The number of fused-ring (bicyclic) bond motifs is 6. The molecule has 6 rings (SSSR count). The number of aromatic nitrogens is 3. The lowest BCUT2D eigenvalue weighted by Crippen LogP contribution is -2.25. The Hall–Kier alpha value is -4.53. The number of amides is 1. The van der Waals surface area contributed by atoms with E-state index >= 15 is 0 Å². The van der Waals surface area contributed by atoms with E-state index in [0.717, 1.165) is 29.7 Å². The SMILES string of the molecule is Cc1cnc2nc1Nc1cccc(c1)CCCNC(=O)c1ccc(cc1N)-c1cnc(F)c(c1)N2. The summed E-state index contributed by atoms with van der Waals surface area (Å²) in [6.45, 7) is 2.41. The van der Waals surface area contributed by atoms with Crippen LogP contribution in [0.1, 0.15) is 27.9 Å². The number of hydrogen-bond donors (Lipinski definition) is 4. The Kier molecular flexibility index (Phi) is 5.97. The second-order valence-electron chi connectivity index (χ2n) is 8.40. The van der Waals surface area contributed by atoms with Crippen LogP contribution in [-0.2, 0) is 6.42 Å². The molecule has 2 aromatic heterocycles. The van der Waals surface area contributed by atoms with Gasteiger partial charge in [-0.25, -0.2) is 9.97 Å². The molecule has 2 aliphatic rings. The summed E-state index contributed by atoms with van der Waals surface area (Å²) < 4.78 is 14.6. The molecule has 9 heteroatoms. The van der Waals surface area contributed by atoms with Gasteiger partial charge in [0.1, 0.15) is 5.82 Å². The zero-order valence-corrected chi connectivity index (χ0v) is 19.1. The van der Waals surface area contributed by atoms with Crippen LogP contribution in [0.2, 0.25) is 0 Å². The number of carbonyl (C=O) groups is 1. The Morgan fingerprint density at radius 3 is 2.74 bits per heavy atom. The van der Waals surface area contributed by atoms with E-state index in [2.05, 4.69) is 30.9 Å². The van der Waals surface area contributed by atoms with Crippen molar-refractivity contribution in [3.63, 3.8) is 0 Å². The lowest BCUT2D eigenvalue weighted by molar-refractivity contribution is 0.0954. The summed E-state index contributed by atoms with van der Waals surface area (Å²) in [6.07, 6.45) is 4.65. The normalized spacial score (nSPS) is 13.4. The fourth-order valence-corrected chi connectivity index (χ4v) is 3.92. The third-order valence-corrected chi connectivity index (χ3v) is 5.80. The quantitative estimate of drug-likeness (QED) is 0.217. The summed E-state index contributed by atoms with van der Waals surface area (Å²) in [6, 6.07) is 14.7. The van der Waals surface area contributed by atoms with Gasteiger partial charge in [0.2, 0.25) is 11.9 Å². The highest BCUT2D eigenvalue weighted by atomic mass is 19.1. The topological polar surface area (TPSA) is 118 Å². The van der Waals surface area contributed by atoms with E-state index in [9.17, 15) is 9.18 Å². The number of aryl methyl sites for hydroxylation is 2. The fourth-order valence-electron chi connectivity index (χ4n) is 3.92. The number of nitrogens with two attached hydrogens (primary N) is 1. The molecule has 35 heavy (non-hydrogen) atoms. The molecule has 8 bridgehead atoms. The first-order valence-corrected chi connectivity index (χ1v) is 11.3. The third-order valence-electron chi connectivity index (χ3n) is 5.80. The molecule has 176 valence electrons. The zero-order valence-electron chi connectivity index (χ0n) is 19.1. The largest absolute Gasteiger partial charge is 0.398 e. The molecular weight excluding hydrogens is 445 g/mol. The molecule has 5 N–H and O–H groups in total. The van der Waals surface area contributed by atoms with Crippen LogP contribution in [0.25, 0.3) is 11.1 Å². The van der Waals surface area contributed by atoms with Gasteiger partial charge in [-0.2, -0.15) is 9.37 Å². The summed E-state index contributed by atoms with van der Waals surface area (Å²) in [7, 11) is 0. The molecular formula is C26H24FN7O. The number of pyridine rings is 1. The number of nitrogens with zero attached hydrogens (tertiary/aromatic N) is 3. The summed E-state index contributed by atoms with van der Waals surface area (Å²) >= 11 is 0. The molecule has 2 aliphatic heterocycles. The molecule has 4 aromatic rings. The van der Waals surface area contributed by atoms with Crippen molar-refractivity contribution >= 4 is 34.7 Å². The molecule has 2 aromatic carbocycles. The molecule has 0 atom stereocenters. The van der Waals surface area contributed by atoms with Crippen LogP contribution in [-0.4, -0.2) is 27.4 Å². The second kappa shape index (κ2) is 9.38. The summed E-state index contributed by atoms with van der Waals surface area (Å²) in [5.74, 6) is -0.0851. The molecule has 0 aliphatic carbocycles. The van der Waals surface area contributed by atoms with Crippen molar-refractivity contribution in [2.75, 3.05) is 22.9 Å². The van der Waals surface area contributed by atoms with Gasteiger partial charge in [0.05, 0.1) is 11.3 Å². The van der Waals surface area contributed by atoms with Crippen LogP contribution in [0.15, 0.2) is 60.9 Å². The van der Waals surface area contributed by atoms with E-state index < -0.39 is 5.95 Å². The van der Waals surface area contributed by atoms with E-state index in [4.69, 9.17) is 5.73 Å². The number of benzene rings is 2. The van der Waals surface area contributed by atoms with Gasteiger partial charge in [-0.3, -0.25) is 4.79 Å².